The van der Waals surface area contributed by atoms with Crippen molar-refractivity contribution in [3.63, 3.8) is 0 Å². The molecule has 6 heteroatoms. The van der Waals surface area contributed by atoms with E-state index in [1.165, 1.54) is 22.8 Å². The molecule has 0 saturated heterocycles. The van der Waals surface area contributed by atoms with E-state index in [4.69, 9.17) is 5.11 Å². The van der Waals surface area contributed by atoms with E-state index in [0.717, 1.165) is 0 Å². The highest BCUT2D eigenvalue weighted by Gasteiger charge is 2.25. The fourth-order valence-electron chi connectivity index (χ4n) is 2.00. The highest BCUT2D eigenvalue weighted by Crippen LogP contribution is 2.21. The minimum atomic E-state index is -1.06. The van der Waals surface area contributed by atoms with Gasteiger partial charge >= 0.3 is 5.97 Å². The summed E-state index contributed by atoms with van der Waals surface area (Å²) in [7, 11) is 0. The zero-order chi connectivity index (χ0) is 14.2. The first-order valence-electron chi connectivity index (χ1n) is 5.68. The van der Waals surface area contributed by atoms with Crippen molar-refractivity contribution in [2.75, 3.05) is 0 Å². The van der Waals surface area contributed by atoms with Crippen LogP contribution in [0.5, 0.6) is 0 Å². The van der Waals surface area contributed by atoms with Crippen molar-refractivity contribution in [1.29, 1.82) is 0 Å². The topological polar surface area (TPSA) is 69.2 Å². The molecule has 1 heterocycles. The Morgan fingerprint density at radius 3 is 2.74 bits per heavy atom. The van der Waals surface area contributed by atoms with Crippen LogP contribution < -0.4 is 4.73 Å². The molecule has 2 rings (SSSR count). The summed E-state index contributed by atoms with van der Waals surface area (Å²) >= 11 is 0. The number of hydrogen-bond acceptors (Lipinski definition) is 2. The van der Waals surface area contributed by atoms with E-state index in [-0.39, 0.29) is 12.4 Å². The van der Waals surface area contributed by atoms with Crippen LogP contribution in [0, 0.1) is 24.9 Å². The predicted octanol–water partition coefficient (Wildman–Crippen LogP) is 1.63. The summed E-state index contributed by atoms with van der Waals surface area (Å²) in [5.41, 5.74) is 1.31. The van der Waals surface area contributed by atoms with Crippen molar-refractivity contribution in [3.8, 4) is 11.4 Å². The van der Waals surface area contributed by atoms with Gasteiger partial charge in [-0.25, -0.2) is 18.5 Å². The second-order valence-corrected chi connectivity index (χ2v) is 4.28. The van der Waals surface area contributed by atoms with Gasteiger partial charge in [-0.3, -0.25) is 0 Å². The van der Waals surface area contributed by atoms with Crippen LogP contribution in [0.15, 0.2) is 24.3 Å². The van der Waals surface area contributed by atoms with Gasteiger partial charge in [-0.15, -0.1) is 0 Å². The number of carboxylic acid groups (broad SMARTS) is 1. The molecular formula is C13H13FN2O3. The van der Waals surface area contributed by atoms with E-state index >= 15 is 0 Å². The van der Waals surface area contributed by atoms with Crippen LogP contribution in [0.4, 0.5) is 4.39 Å². The third-order valence-electron chi connectivity index (χ3n) is 3.06. The van der Waals surface area contributed by atoms with Crippen LogP contribution in [0.1, 0.15) is 11.4 Å². The number of nitrogens with zero attached hydrogens (tertiary/aromatic N) is 2. The monoisotopic (exact) mass is 264 g/mol. The first-order valence-corrected chi connectivity index (χ1v) is 5.68. The molecular weight excluding hydrogens is 251 g/mol. The highest BCUT2D eigenvalue weighted by molar-refractivity contribution is 5.68. The maximum absolute atomic E-state index is 13.2. The molecule has 5 nitrogen and oxygen atoms in total. The fourth-order valence-corrected chi connectivity index (χ4v) is 2.00. The first kappa shape index (κ1) is 13.1. The summed E-state index contributed by atoms with van der Waals surface area (Å²) in [6.45, 7) is 2.92. The van der Waals surface area contributed by atoms with E-state index in [2.05, 4.69) is 0 Å². The molecule has 2 aromatic rings. The molecule has 1 aromatic carbocycles. The molecule has 0 amide bonds. The molecule has 100 valence electrons. The molecule has 0 aliphatic heterocycles. The number of carbonyl (C=O) groups is 1. The molecule has 0 fully saturated rings. The number of aliphatic carboxylic acids is 1. The Labute approximate surface area is 109 Å². The lowest BCUT2D eigenvalue weighted by molar-refractivity contribution is -0.599. The van der Waals surface area contributed by atoms with Gasteiger partial charge in [0.2, 0.25) is 0 Å². The molecule has 0 spiro atoms. The number of halogens is 1. The molecule has 0 bridgehead atoms. The summed E-state index contributed by atoms with van der Waals surface area (Å²) in [6, 6.07) is 5.53. The highest BCUT2D eigenvalue weighted by atomic mass is 19.1. The van der Waals surface area contributed by atoms with E-state index in [0.29, 0.717) is 21.7 Å². The van der Waals surface area contributed by atoms with Crippen molar-refractivity contribution < 1.29 is 19.0 Å². The zero-order valence-corrected chi connectivity index (χ0v) is 10.6. The third-order valence-corrected chi connectivity index (χ3v) is 3.06. The number of benzene rings is 1. The average Bonchev–Trinajstić information content (AvgIpc) is 2.54. The van der Waals surface area contributed by atoms with Crippen LogP contribution in [0.25, 0.3) is 11.4 Å². The second-order valence-electron chi connectivity index (χ2n) is 4.28. The van der Waals surface area contributed by atoms with Gasteiger partial charge in [-0.2, -0.15) is 0 Å². The van der Waals surface area contributed by atoms with Crippen molar-refractivity contribution in [3.05, 3.63) is 46.7 Å². The minimum absolute atomic E-state index is 0.136. The quantitative estimate of drug-likeness (QED) is 0.676. The molecule has 1 N–H and O–H groups in total. The number of rotatable bonds is 3. The number of imidazole rings is 1. The van der Waals surface area contributed by atoms with Gasteiger partial charge in [0.05, 0.1) is 5.56 Å². The Balaban J connectivity index is 2.68. The van der Waals surface area contributed by atoms with Crippen LogP contribution in [-0.4, -0.2) is 15.6 Å². The first-order chi connectivity index (χ1) is 8.91. The number of hydrogen-bond donors (Lipinski definition) is 1. The number of carboxylic acids is 1. The van der Waals surface area contributed by atoms with Gasteiger partial charge < -0.3 is 10.3 Å². The smallest absolute Gasteiger partial charge is 0.346 e. The van der Waals surface area contributed by atoms with E-state index < -0.39 is 11.8 Å². The van der Waals surface area contributed by atoms with Crippen LogP contribution in [-0.2, 0) is 11.3 Å². The molecule has 0 aliphatic carbocycles. The molecule has 0 saturated carbocycles. The van der Waals surface area contributed by atoms with Crippen LogP contribution in [0.2, 0.25) is 0 Å². The Hall–Kier alpha value is -2.37. The van der Waals surface area contributed by atoms with Gasteiger partial charge in [0.1, 0.15) is 17.2 Å². The summed E-state index contributed by atoms with van der Waals surface area (Å²) in [4.78, 5) is 10.9. The SMILES string of the molecule is Cc1c(C)[n+]([O-])c(-c2cccc(F)c2)n1CC(=O)O. The normalized spacial score (nSPS) is 10.7. The Bertz CT molecular complexity index is 650. The summed E-state index contributed by atoms with van der Waals surface area (Å²) < 4.78 is 15.3. The van der Waals surface area contributed by atoms with Gasteiger partial charge in [-0.05, 0) is 18.2 Å². The number of aromatic nitrogens is 2. The minimum Gasteiger partial charge on any atom is -0.710 e. The van der Waals surface area contributed by atoms with Crippen molar-refractivity contribution in [2.24, 2.45) is 0 Å². The van der Waals surface area contributed by atoms with Gasteiger partial charge in [0.25, 0.3) is 5.82 Å². The zero-order valence-electron chi connectivity index (χ0n) is 10.6. The maximum Gasteiger partial charge on any atom is 0.346 e. The van der Waals surface area contributed by atoms with Crippen molar-refractivity contribution >= 4 is 5.97 Å². The molecule has 0 radical (unpaired) electrons. The molecule has 0 unspecified atom stereocenters. The lowest BCUT2D eigenvalue weighted by atomic mass is 10.2. The standard InChI is InChI=1S/C13H13FN2O3/c1-8-9(2)16(19)13(15(8)7-12(17)18)10-4-3-5-11(14)6-10/h3-6H,7H2,1-2H3,(H,17,18). The van der Waals surface area contributed by atoms with Gasteiger partial charge in [-0.1, -0.05) is 6.07 Å². The van der Waals surface area contributed by atoms with Crippen molar-refractivity contribution in [2.45, 2.75) is 20.4 Å². The van der Waals surface area contributed by atoms with Crippen molar-refractivity contribution in [1.82, 2.24) is 4.57 Å². The summed E-state index contributed by atoms with van der Waals surface area (Å²) in [5, 5.41) is 21.0. The Kier molecular flexibility index (Phi) is 3.25. The van der Waals surface area contributed by atoms with Crippen LogP contribution in [0.3, 0.4) is 0 Å². The second kappa shape index (κ2) is 4.72. The average molecular weight is 264 g/mol. The molecule has 19 heavy (non-hydrogen) atoms. The van der Waals surface area contributed by atoms with Gasteiger partial charge in [0.15, 0.2) is 6.54 Å². The van der Waals surface area contributed by atoms with E-state index in [9.17, 15) is 14.4 Å². The van der Waals surface area contributed by atoms with Gasteiger partial charge in [0, 0.05) is 13.8 Å². The lowest BCUT2D eigenvalue weighted by Gasteiger charge is -2.06. The molecule has 0 atom stereocenters. The summed E-state index contributed by atoms with van der Waals surface area (Å²) in [6.07, 6.45) is 0. The Morgan fingerprint density at radius 1 is 1.47 bits per heavy atom. The fraction of sp³-hybridized carbons (Fsp3) is 0.231. The Morgan fingerprint density at radius 2 is 2.16 bits per heavy atom. The maximum atomic E-state index is 13.2. The van der Waals surface area contributed by atoms with E-state index in [1.54, 1.807) is 19.9 Å². The van der Waals surface area contributed by atoms with Crippen LogP contribution >= 0.6 is 0 Å². The lowest BCUT2D eigenvalue weighted by Crippen LogP contribution is -2.31. The summed E-state index contributed by atoms with van der Waals surface area (Å²) in [5.74, 6) is -1.40. The largest absolute Gasteiger partial charge is 0.710 e. The van der Waals surface area contributed by atoms with E-state index in [1.807, 2.05) is 0 Å². The third kappa shape index (κ3) is 2.29. The predicted molar refractivity (Wildman–Crippen MR) is 65.9 cm³/mol. The molecule has 1 aromatic heterocycles. The molecule has 0 aliphatic rings.